The maximum atomic E-state index is 12.2. The van der Waals surface area contributed by atoms with Crippen molar-refractivity contribution in [2.75, 3.05) is 6.54 Å². The van der Waals surface area contributed by atoms with E-state index in [1.54, 1.807) is 16.3 Å². The highest BCUT2D eigenvalue weighted by molar-refractivity contribution is 8.04. The second-order valence-corrected chi connectivity index (χ2v) is 10.4. The number of halogens is 3. The number of hydrogen-bond acceptors (Lipinski definition) is 7. The van der Waals surface area contributed by atoms with Crippen molar-refractivity contribution in [2.24, 2.45) is 5.73 Å². The molecule has 6 N–H and O–H groups in total. The van der Waals surface area contributed by atoms with Gasteiger partial charge in [-0.15, -0.1) is 4.13 Å². The van der Waals surface area contributed by atoms with Crippen LogP contribution in [0.2, 0.25) is 0 Å². The Kier molecular flexibility index (Phi) is 10.6. The Hall–Kier alpha value is -3.28. The largest absolute Gasteiger partial charge is 0.416 e. The van der Waals surface area contributed by atoms with Crippen molar-refractivity contribution >= 4 is 20.0 Å². The molecule has 0 saturated heterocycles. The summed E-state index contributed by atoms with van der Waals surface area (Å²) in [5.41, 5.74) is 5.08. The molecule has 0 heterocycles. The molecule has 0 aliphatic heterocycles. The van der Waals surface area contributed by atoms with Crippen LogP contribution >= 0.6 is 0 Å². The molecular formula is C22H23F3N4O4S2. The minimum Gasteiger partial charge on any atom is -0.344 e. The standard InChI is InChI=1S/C12H11NO4S2.C10H9F3N2.H3N/c14-18(15,11-7-3-1-4-8-11)13-19(16,17)12-9-5-2-6-10-12;11-10(12,13)9-3-1-7(2-4-9)8(5-14)6-15;/h1-10,13H;1-4,8H,5,14H2;1H3. The van der Waals surface area contributed by atoms with Crippen molar-refractivity contribution in [2.45, 2.75) is 21.9 Å². The van der Waals surface area contributed by atoms with Gasteiger partial charge in [0.05, 0.1) is 27.3 Å². The van der Waals surface area contributed by atoms with Gasteiger partial charge in [-0.3, -0.25) is 0 Å². The first-order chi connectivity index (χ1) is 15.9. The molecule has 188 valence electrons. The minimum absolute atomic E-state index is 0. The van der Waals surface area contributed by atoms with E-state index in [2.05, 4.69) is 0 Å². The molecule has 8 nitrogen and oxygen atoms in total. The lowest BCUT2D eigenvalue weighted by atomic mass is 9.99. The number of nitrogens with zero attached hydrogens (tertiary/aromatic N) is 1. The molecule has 0 aliphatic carbocycles. The van der Waals surface area contributed by atoms with Crippen LogP contribution in [0.25, 0.3) is 0 Å². The lowest BCUT2D eigenvalue weighted by molar-refractivity contribution is -0.137. The third-order valence-corrected chi connectivity index (χ3v) is 7.90. The number of rotatable bonds is 6. The normalized spacial score (nSPS) is 12.3. The van der Waals surface area contributed by atoms with E-state index in [-0.39, 0.29) is 22.5 Å². The van der Waals surface area contributed by atoms with Gasteiger partial charge in [-0.05, 0) is 42.0 Å². The SMILES string of the molecule is N.N#CC(CN)c1ccc(C(F)(F)F)cc1.O=S(=O)(NS(=O)(=O)c1ccccc1)c1ccccc1. The Morgan fingerprint density at radius 1 is 0.800 bits per heavy atom. The Balaban J connectivity index is 0.000000350. The Morgan fingerprint density at radius 2 is 1.20 bits per heavy atom. The zero-order valence-corrected chi connectivity index (χ0v) is 19.8. The van der Waals surface area contributed by atoms with E-state index in [1.807, 2.05) is 6.07 Å². The van der Waals surface area contributed by atoms with Crippen LogP contribution in [-0.4, -0.2) is 23.4 Å². The zero-order chi connectivity index (χ0) is 25.4. The Bertz CT molecular complexity index is 1260. The summed E-state index contributed by atoms with van der Waals surface area (Å²) in [6.07, 6.45) is -4.34. The number of hydrogen-bond donors (Lipinski definition) is 3. The van der Waals surface area contributed by atoms with E-state index in [0.717, 1.165) is 12.1 Å². The van der Waals surface area contributed by atoms with Gasteiger partial charge in [0.15, 0.2) is 0 Å². The fraction of sp³-hybridized carbons (Fsp3) is 0.136. The van der Waals surface area contributed by atoms with Crippen LogP contribution in [0.1, 0.15) is 17.0 Å². The lowest BCUT2D eigenvalue weighted by Crippen LogP contribution is -2.30. The molecule has 3 aromatic carbocycles. The molecule has 0 bridgehead atoms. The third-order valence-electron chi connectivity index (χ3n) is 4.36. The van der Waals surface area contributed by atoms with Crippen LogP contribution in [0.3, 0.4) is 0 Å². The second-order valence-electron chi connectivity index (χ2n) is 6.75. The van der Waals surface area contributed by atoms with Crippen molar-refractivity contribution < 1.29 is 30.0 Å². The van der Waals surface area contributed by atoms with Gasteiger partial charge in [-0.25, -0.2) is 16.8 Å². The summed E-state index contributed by atoms with van der Waals surface area (Å²) < 4.78 is 86.0. The quantitative estimate of drug-likeness (QED) is 0.438. The summed E-state index contributed by atoms with van der Waals surface area (Å²) >= 11 is 0. The van der Waals surface area contributed by atoms with Gasteiger partial charge < -0.3 is 11.9 Å². The first-order valence-electron chi connectivity index (χ1n) is 9.56. The predicted molar refractivity (Wildman–Crippen MR) is 124 cm³/mol. The highest BCUT2D eigenvalue weighted by atomic mass is 32.3. The molecule has 0 fully saturated rings. The molecule has 0 amide bonds. The average molecular weight is 529 g/mol. The monoisotopic (exact) mass is 528 g/mol. The molecule has 1 atom stereocenters. The maximum absolute atomic E-state index is 12.2. The fourth-order valence-electron chi connectivity index (χ4n) is 2.61. The predicted octanol–water partition coefficient (Wildman–Crippen LogP) is 3.79. The zero-order valence-electron chi connectivity index (χ0n) is 18.2. The molecule has 3 aromatic rings. The van der Waals surface area contributed by atoms with Gasteiger partial charge in [0.2, 0.25) is 0 Å². The molecule has 0 spiro atoms. The molecule has 0 radical (unpaired) electrons. The van der Waals surface area contributed by atoms with E-state index in [4.69, 9.17) is 11.0 Å². The summed E-state index contributed by atoms with van der Waals surface area (Å²) in [5.74, 6) is -0.549. The highest BCUT2D eigenvalue weighted by Crippen LogP contribution is 2.30. The van der Waals surface area contributed by atoms with Gasteiger partial charge in [0, 0.05) is 6.54 Å². The van der Waals surface area contributed by atoms with Crippen LogP contribution in [0.4, 0.5) is 13.2 Å². The number of nitrogens with two attached hydrogens (primary N) is 1. The molecule has 13 heteroatoms. The minimum atomic E-state index is -4.34. The van der Waals surface area contributed by atoms with Crippen LogP contribution in [0, 0.1) is 11.3 Å². The summed E-state index contributed by atoms with van der Waals surface area (Å²) in [4.78, 5) is -0.205. The van der Waals surface area contributed by atoms with Crippen molar-refractivity contribution in [3.8, 4) is 6.07 Å². The Labute approximate surface area is 201 Å². The van der Waals surface area contributed by atoms with Crippen molar-refractivity contribution in [1.82, 2.24) is 10.3 Å². The highest BCUT2D eigenvalue weighted by Gasteiger charge is 2.30. The number of benzene rings is 3. The van der Waals surface area contributed by atoms with Crippen LogP contribution in [0.5, 0.6) is 0 Å². The molecule has 0 aliphatic rings. The molecule has 3 rings (SSSR count). The van der Waals surface area contributed by atoms with Gasteiger partial charge in [0.1, 0.15) is 0 Å². The summed E-state index contributed by atoms with van der Waals surface area (Å²) in [6, 6.07) is 21.0. The number of sulfonamides is 2. The van der Waals surface area contributed by atoms with Crippen molar-refractivity contribution in [3.05, 3.63) is 96.1 Å². The summed E-state index contributed by atoms with van der Waals surface area (Å²) in [7, 11) is -8.21. The van der Waals surface area contributed by atoms with Gasteiger partial charge in [0.25, 0.3) is 20.0 Å². The van der Waals surface area contributed by atoms with Crippen LogP contribution < -0.4 is 16.0 Å². The lowest BCUT2D eigenvalue weighted by Gasteiger charge is -2.09. The Morgan fingerprint density at radius 3 is 1.51 bits per heavy atom. The molecule has 35 heavy (non-hydrogen) atoms. The van der Waals surface area contributed by atoms with E-state index in [9.17, 15) is 30.0 Å². The molecular weight excluding hydrogens is 505 g/mol. The van der Waals surface area contributed by atoms with Crippen molar-refractivity contribution in [1.29, 1.82) is 5.26 Å². The molecule has 0 saturated carbocycles. The smallest absolute Gasteiger partial charge is 0.344 e. The first-order valence-corrected chi connectivity index (χ1v) is 12.5. The average Bonchev–Trinajstić information content (AvgIpc) is 2.81. The summed E-state index contributed by atoms with van der Waals surface area (Å²) in [5, 5.41) is 8.66. The molecule has 0 aromatic heterocycles. The maximum Gasteiger partial charge on any atom is 0.416 e. The third kappa shape index (κ3) is 8.46. The molecule has 1 unspecified atom stereocenters. The van der Waals surface area contributed by atoms with E-state index in [0.29, 0.717) is 5.56 Å². The summed E-state index contributed by atoms with van der Waals surface area (Å²) in [6.45, 7) is 0.0991. The van der Waals surface area contributed by atoms with Gasteiger partial charge in [-0.1, -0.05) is 48.5 Å². The van der Waals surface area contributed by atoms with E-state index >= 15 is 0 Å². The fourth-order valence-corrected chi connectivity index (χ4v) is 5.56. The topological polar surface area (TPSA) is 165 Å². The first kappa shape index (κ1) is 29.8. The second kappa shape index (κ2) is 12.4. The van der Waals surface area contributed by atoms with Gasteiger partial charge in [-0.2, -0.15) is 18.4 Å². The number of nitriles is 1. The van der Waals surface area contributed by atoms with Crippen LogP contribution in [-0.2, 0) is 26.2 Å². The van der Waals surface area contributed by atoms with E-state index in [1.165, 1.54) is 60.7 Å². The number of nitrogens with one attached hydrogen (secondary N) is 1. The van der Waals surface area contributed by atoms with Crippen LogP contribution in [0.15, 0.2) is 94.7 Å². The van der Waals surface area contributed by atoms with Crippen molar-refractivity contribution in [3.63, 3.8) is 0 Å². The van der Waals surface area contributed by atoms with E-state index < -0.39 is 37.7 Å². The number of alkyl halides is 3. The van der Waals surface area contributed by atoms with Gasteiger partial charge >= 0.3 is 6.18 Å².